The Morgan fingerprint density at radius 1 is 1.29 bits per heavy atom. The third-order valence-electron chi connectivity index (χ3n) is 3.08. The first kappa shape index (κ1) is 16.4. The van der Waals surface area contributed by atoms with E-state index in [1.807, 2.05) is 24.4 Å². The molecule has 0 amide bonds. The van der Waals surface area contributed by atoms with Gasteiger partial charge in [-0.25, -0.2) is 0 Å². The maximum atomic E-state index is 13.1. The third-order valence-corrected chi connectivity index (χ3v) is 4.56. The van der Waals surface area contributed by atoms with Gasteiger partial charge in [0.05, 0.1) is 11.6 Å². The molecule has 1 nitrogen and oxygen atoms in total. The molecule has 1 N–H and O–H groups in total. The highest BCUT2D eigenvalue weighted by Crippen LogP contribution is 2.38. The summed E-state index contributed by atoms with van der Waals surface area (Å²) in [6.45, 7) is 2.02. The molecule has 1 heterocycles. The van der Waals surface area contributed by atoms with Gasteiger partial charge in [-0.2, -0.15) is 13.2 Å². The summed E-state index contributed by atoms with van der Waals surface area (Å²) in [5, 5.41) is 4.99. The van der Waals surface area contributed by atoms with Crippen molar-refractivity contribution in [1.82, 2.24) is 0 Å². The zero-order valence-corrected chi connectivity index (χ0v) is 13.8. The zero-order chi connectivity index (χ0) is 15.5. The first-order chi connectivity index (χ1) is 9.91. The van der Waals surface area contributed by atoms with Crippen molar-refractivity contribution in [3.63, 3.8) is 0 Å². The summed E-state index contributed by atoms with van der Waals surface area (Å²) >= 11 is 4.65. The van der Waals surface area contributed by atoms with E-state index in [9.17, 15) is 13.2 Å². The van der Waals surface area contributed by atoms with Crippen LogP contribution in [0, 0.1) is 0 Å². The molecular weight excluding hydrogens is 363 g/mol. The monoisotopic (exact) mass is 377 g/mol. The van der Waals surface area contributed by atoms with Crippen LogP contribution >= 0.6 is 27.3 Å². The highest BCUT2D eigenvalue weighted by atomic mass is 79.9. The number of alkyl halides is 3. The maximum Gasteiger partial charge on any atom is 0.418 e. The number of thiophene rings is 1. The number of rotatable bonds is 5. The van der Waals surface area contributed by atoms with Crippen molar-refractivity contribution in [3.8, 4) is 0 Å². The van der Waals surface area contributed by atoms with Crippen molar-refractivity contribution in [2.24, 2.45) is 0 Å². The molecule has 1 aromatic carbocycles. The number of halogens is 4. The van der Waals surface area contributed by atoms with Gasteiger partial charge in [0.2, 0.25) is 0 Å². The smallest absolute Gasteiger partial charge is 0.377 e. The van der Waals surface area contributed by atoms with Crippen LogP contribution < -0.4 is 5.32 Å². The number of nitrogens with one attached hydrogen (secondary N) is 1. The standard InChI is InChI=1S/C15H15BrF3NS/c1-2-4-13(14-5-3-8-21-14)20-12-7-6-10(16)9-11(12)15(17,18)19/h3,5-9,13,20H,2,4H2,1H3. The molecule has 0 spiro atoms. The maximum absolute atomic E-state index is 13.1. The predicted octanol–water partition coefficient (Wildman–Crippen LogP) is 6.48. The fourth-order valence-electron chi connectivity index (χ4n) is 2.13. The Kier molecular flexibility index (Phi) is 5.32. The van der Waals surface area contributed by atoms with Crippen LogP contribution in [-0.2, 0) is 6.18 Å². The number of hydrogen-bond acceptors (Lipinski definition) is 2. The molecule has 0 aliphatic carbocycles. The van der Waals surface area contributed by atoms with Crippen molar-refractivity contribution >= 4 is 33.0 Å². The van der Waals surface area contributed by atoms with E-state index in [0.29, 0.717) is 4.47 Å². The molecule has 21 heavy (non-hydrogen) atoms. The number of anilines is 1. The second-order valence-electron chi connectivity index (χ2n) is 4.69. The quantitative estimate of drug-likeness (QED) is 0.628. The Morgan fingerprint density at radius 3 is 2.62 bits per heavy atom. The number of hydrogen-bond donors (Lipinski definition) is 1. The molecule has 2 rings (SSSR count). The summed E-state index contributed by atoms with van der Waals surface area (Å²) in [7, 11) is 0. The van der Waals surface area contributed by atoms with Gasteiger partial charge in [-0.1, -0.05) is 35.3 Å². The van der Waals surface area contributed by atoms with Crippen LogP contribution in [-0.4, -0.2) is 0 Å². The molecule has 1 unspecified atom stereocenters. The number of benzene rings is 1. The minimum atomic E-state index is -4.38. The molecule has 6 heteroatoms. The van der Waals surface area contributed by atoms with Crippen LogP contribution in [0.5, 0.6) is 0 Å². The van der Waals surface area contributed by atoms with Crippen LogP contribution in [0.15, 0.2) is 40.2 Å². The Bertz CT molecular complexity index is 581. The first-order valence-corrected chi connectivity index (χ1v) is 8.25. The summed E-state index contributed by atoms with van der Waals surface area (Å²) < 4.78 is 39.9. The fourth-order valence-corrected chi connectivity index (χ4v) is 3.30. The van der Waals surface area contributed by atoms with E-state index in [0.717, 1.165) is 23.8 Å². The molecule has 1 aromatic heterocycles. The van der Waals surface area contributed by atoms with E-state index in [-0.39, 0.29) is 11.7 Å². The molecular formula is C15H15BrF3NS. The van der Waals surface area contributed by atoms with E-state index in [2.05, 4.69) is 21.2 Å². The average molecular weight is 378 g/mol. The lowest BCUT2D eigenvalue weighted by atomic mass is 10.1. The summed E-state index contributed by atoms with van der Waals surface area (Å²) in [5.74, 6) is 0. The average Bonchev–Trinajstić information content (AvgIpc) is 2.93. The Balaban J connectivity index is 2.33. The van der Waals surface area contributed by atoms with E-state index in [1.54, 1.807) is 17.4 Å². The van der Waals surface area contributed by atoms with Crippen molar-refractivity contribution < 1.29 is 13.2 Å². The van der Waals surface area contributed by atoms with E-state index in [4.69, 9.17) is 0 Å². The Hall–Kier alpha value is -1.01. The van der Waals surface area contributed by atoms with Gasteiger partial charge in [0, 0.05) is 15.0 Å². The second kappa shape index (κ2) is 6.83. The first-order valence-electron chi connectivity index (χ1n) is 6.58. The minimum Gasteiger partial charge on any atom is -0.377 e. The van der Waals surface area contributed by atoms with Crippen LogP contribution in [0.25, 0.3) is 0 Å². The Labute approximate surface area is 134 Å². The molecule has 2 aromatic rings. The topological polar surface area (TPSA) is 12.0 Å². The molecule has 0 radical (unpaired) electrons. The van der Waals surface area contributed by atoms with Crippen LogP contribution in [0.1, 0.15) is 36.2 Å². The van der Waals surface area contributed by atoms with Gasteiger partial charge in [-0.3, -0.25) is 0 Å². The van der Waals surface area contributed by atoms with Gasteiger partial charge >= 0.3 is 6.18 Å². The highest BCUT2D eigenvalue weighted by molar-refractivity contribution is 9.10. The zero-order valence-electron chi connectivity index (χ0n) is 11.4. The lowest BCUT2D eigenvalue weighted by Crippen LogP contribution is -2.14. The van der Waals surface area contributed by atoms with E-state index in [1.165, 1.54) is 6.07 Å². The van der Waals surface area contributed by atoms with Gasteiger partial charge in [0.15, 0.2) is 0 Å². The molecule has 0 aliphatic rings. The predicted molar refractivity (Wildman–Crippen MR) is 84.7 cm³/mol. The molecule has 0 bridgehead atoms. The van der Waals surface area contributed by atoms with Gasteiger partial charge in [-0.05, 0) is 36.1 Å². The summed E-state index contributed by atoms with van der Waals surface area (Å²) in [6.07, 6.45) is -2.69. The fraction of sp³-hybridized carbons (Fsp3) is 0.333. The minimum absolute atomic E-state index is 0.0997. The summed E-state index contributed by atoms with van der Waals surface area (Å²) in [4.78, 5) is 1.05. The SMILES string of the molecule is CCCC(Nc1ccc(Br)cc1C(F)(F)F)c1cccs1. The van der Waals surface area contributed by atoms with Crippen molar-refractivity contribution in [3.05, 3.63) is 50.6 Å². The second-order valence-corrected chi connectivity index (χ2v) is 6.58. The normalized spacial score (nSPS) is 13.2. The molecule has 0 aliphatic heterocycles. The summed E-state index contributed by atoms with van der Waals surface area (Å²) in [5.41, 5.74) is -0.521. The highest BCUT2D eigenvalue weighted by Gasteiger charge is 2.34. The van der Waals surface area contributed by atoms with Gasteiger partial charge < -0.3 is 5.32 Å². The van der Waals surface area contributed by atoms with Crippen LogP contribution in [0.2, 0.25) is 0 Å². The van der Waals surface area contributed by atoms with Crippen molar-refractivity contribution in [1.29, 1.82) is 0 Å². The van der Waals surface area contributed by atoms with Crippen molar-refractivity contribution in [2.75, 3.05) is 5.32 Å². The Morgan fingerprint density at radius 2 is 2.05 bits per heavy atom. The molecule has 114 valence electrons. The van der Waals surface area contributed by atoms with Crippen LogP contribution in [0.3, 0.4) is 0 Å². The van der Waals surface area contributed by atoms with Gasteiger partial charge in [0.25, 0.3) is 0 Å². The van der Waals surface area contributed by atoms with Gasteiger partial charge in [0.1, 0.15) is 0 Å². The largest absolute Gasteiger partial charge is 0.418 e. The lowest BCUT2D eigenvalue weighted by molar-refractivity contribution is -0.137. The van der Waals surface area contributed by atoms with E-state index >= 15 is 0 Å². The molecule has 0 saturated heterocycles. The molecule has 0 fully saturated rings. The lowest BCUT2D eigenvalue weighted by Gasteiger charge is -2.21. The molecule has 1 atom stereocenters. The third kappa shape index (κ3) is 4.23. The van der Waals surface area contributed by atoms with Gasteiger partial charge in [-0.15, -0.1) is 11.3 Å². The van der Waals surface area contributed by atoms with Crippen molar-refractivity contribution in [2.45, 2.75) is 32.0 Å². The summed E-state index contributed by atoms with van der Waals surface area (Å²) in [6, 6.07) is 7.97. The molecule has 0 saturated carbocycles. The van der Waals surface area contributed by atoms with E-state index < -0.39 is 11.7 Å². The van der Waals surface area contributed by atoms with Crippen LogP contribution in [0.4, 0.5) is 18.9 Å².